The highest BCUT2D eigenvalue weighted by Crippen LogP contribution is 2.23. The maximum Gasteiger partial charge on any atom is 0.261 e. The van der Waals surface area contributed by atoms with E-state index in [1.54, 1.807) is 36.4 Å². The van der Waals surface area contributed by atoms with E-state index in [0.717, 1.165) is 15.6 Å². The number of benzene rings is 3. The lowest BCUT2D eigenvalue weighted by Gasteiger charge is -2.09. The van der Waals surface area contributed by atoms with Gasteiger partial charge in [0.25, 0.3) is 10.0 Å². The molecule has 0 aliphatic rings. The second-order valence-electron chi connectivity index (χ2n) is 5.00. The summed E-state index contributed by atoms with van der Waals surface area (Å²) in [4.78, 5) is 0.236. The van der Waals surface area contributed by atoms with Crippen molar-refractivity contribution in [2.45, 2.75) is 4.90 Å². The Labute approximate surface area is 144 Å². The Kier molecular flexibility index (Phi) is 4.50. The summed E-state index contributed by atoms with van der Waals surface area (Å²) in [5.41, 5.74) is 2.56. The van der Waals surface area contributed by atoms with E-state index in [2.05, 4.69) is 20.7 Å². The van der Waals surface area contributed by atoms with Gasteiger partial charge in [-0.1, -0.05) is 58.4 Å². The summed E-state index contributed by atoms with van der Waals surface area (Å²) in [5, 5.41) is 0. The largest absolute Gasteiger partial charge is 0.280 e. The molecule has 116 valence electrons. The Morgan fingerprint density at radius 2 is 1.26 bits per heavy atom. The first kappa shape index (κ1) is 15.8. The van der Waals surface area contributed by atoms with E-state index >= 15 is 0 Å². The van der Waals surface area contributed by atoms with Crippen LogP contribution in [0, 0.1) is 0 Å². The summed E-state index contributed by atoms with van der Waals surface area (Å²) >= 11 is 3.32. The molecule has 0 heterocycles. The highest BCUT2D eigenvalue weighted by molar-refractivity contribution is 9.10. The molecule has 0 bridgehead atoms. The molecule has 0 atom stereocenters. The lowest BCUT2D eigenvalue weighted by molar-refractivity contribution is 0.601. The third-order valence-corrected chi connectivity index (χ3v) is 5.29. The molecule has 0 radical (unpaired) electrons. The standard InChI is InChI=1S/C18H14BrNO2S/c19-16-8-10-17(11-9-16)20-23(21,22)18-12-6-15(7-13-18)14-4-2-1-3-5-14/h1-13,20H. The van der Waals surface area contributed by atoms with Gasteiger partial charge in [0, 0.05) is 10.2 Å². The van der Waals surface area contributed by atoms with Crippen LogP contribution in [0.5, 0.6) is 0 Å². The van der Waals surface area contributed by atoms with Crippen molar-refractivity contribution in [3.05, 3.63) is 83.3 Å². The van der Waals surface area contributed by atoms with E-state index in [4.69, 9.17) is 0 Å². The quantitative estimate of drug-likeness (QED) is 0.690. The lowest BCUT2D eigenvalue weighted by Crippen LogP contribution is -2.12. The molecular formula is C18H14BrNO2S. The van der Waals surface area contributed by atoms with Gasteiger partial charge in [0.05, 0.1) is 4.90 Å². The summed E-state index contributed by atoms with van der Waals surface area (Å²) in [5.74, 6) is 0. The summed E-state index contributed by atoms with van der Waals surface area (Å²) in [6, 6.07) is 23.7. The minimum absolute atomic E-state index is 0.236. The number of halogens is 1. The van der Waals surface area contributed by atoms with Crippen LogP contribution in [-0.4, -0.2) is 8.42 Å². The maximum atomic E-state index is 12.4. The third-order valence-electron chi connectivity index (χ3n) is 3.37. The van der Waals surface area contributed by atoms with Crippen LogP contribution in [0.25, 0.3) is 11.1 Å². The Hall–Kier alpha value is -2.11. The Morgan fingerprint density at radius 3 is 1.87 bits per heavy atom. The van der Waals surface area contributed by atoms with Crippen LogP contribution >= 0.6 is 15.9 Å². The first-order valence-corrected chi connectivity index (χ1v) is 9.26. The molecule has 0 aromatic heterocycles. The smallest absolute Gasteiger partial charge is 0.261 e. The van der Waals surface area contributed by atoms with Gasteiger partial charge >= 0.3 is 0 Å². The van der Waals surface area contributed by atoms with Gasteiger partial charge < -0.3 is 0 Å². The van der Waals surface area contributed by atoms with Gasteiger partial charge in [-0.3, -0.25) is 4.72 Å². The second kappa shape index (κ2) is 6.56. The summed E-state index contributed by atoms with van der Waals surface area (Å²) in [6.45, 7) is 0. The highest BCUT2D eigenvalue weighted by Gasteiger charge is 2.14. The first-order chi connectivity index (χ1) is 11.0. The minimum Gasteiger partial charge on any atom is -0.280 e. The van der Waals surface area contributed by atoms with Crippen molar-refractivity contribution in [1.82, 2.24) is 0 Å². The Bertz CT molecular complexity index is 890. The van der Waals surface area contributed by atoms with Crippen molar-refractivity contribution < 1.29 is 8.42 Å². The second-order valence-corrected chi connectivity index (χ2v) is 7.60. The van der Waals surface area contributed by atoms with Crippen molar-refractivity contribution in [1.29, 1.82) is 0 Å². The van der Waals surface area contributed by atoms with Crippen molar-refractivity contribution in [3.8, 4) is 11.1 Å². The molecule has 23 heavy (non-hydrogen) atoms. The molecule has 0 saturated heterocycles. The van der Waals surface area contributed by atoms with Crippen LogP contribution in [0.3, 0.4) is 0 Å². The van der Waals surface area contributed by atoms with E-state index in [0.29, 0.717) is 5.69 Å². The molecular weight excluding hydrogens is 374 g/mol. The van der Waals surface area contributed by atoms with Gasteiger partial charge in [-0.15, -0.1) is 0 Å². The van der Waals surface area contributed by atoms with E-state index in [9.17, 15) is 8.42 Å². The predicted octanol–water partition coefficient (Wildman–Crippen LogP) is 4.92. The Balaban J connectivity index is 1.84. The lowest BCUT2D eigenvalue weighted by atomic mass is 10.1. The molecule has 3 aromatic rings. The minimum atomic E-state index is -3.59. The van der Waals surface area contributed by atoms with Crippen LogP contribution in [-0.2, 0) is 10.0 Å². The van der Waals surface area contributed by atoms with Crippen molar-refractivity contribution in [2.75, 3.05) is 4.72 Å². The zero-order chi connectivity index (χ0) is 16.3. The molecule has 0 aliphatic carbocycles. The van der Waals surface area contributed by atoms with Crippen LogP contribution in [0.2, 0.25) is 0 Å². The van der Waals surface area contributed by atoms with Crippen LogP contribution in [0.4, 0.5) is 5.69 Å². The van der Waals surface area contributed by atoms with E-state index < -0.39 is 10.0 Å². The van der Waals surface area contributed by atoms with Gasteiger partial charge in [-0.25, -0.2) is 8.42 Å². The van der Waals surface area contributed by atoms with Crippen molar-refractivity contribution in [3.63, 3.8) is 0 Å². The molecule has 5 heteroatoms. The van der Waals surface area contributed by atoms with E-state index in [-0.39, 0.29) is 4.90 Å². The van der Waals surface area contributed by atoms with Crippen molar-refractivity contribution >= 4 is 31.6 Å². The fourth-order valence-corrected chi connectivity index (χ4v) is 3.51. The maximum absolute atomic E-state index is 12.4. The van der Waals surface area contributed by atoms with E-state index in [1.807, 2.05) is 42.5 Å². The fraction of sp³-hybridized carbons (Fsp3) is 0. The van der Waals surface area contributed by atoms with Gasteiger partial charge in [-0.2, -0.15) is 0 Å². The highest BCUT2D eigenvalue weighted by atomic mass is 79.9. The average Bonchev–Trinajstić information content (AvgIpc) is 2.58. The Morgan fingerprint density at radius 1 is 0.696 bits per heavy atom. The average molecular weight is 388 g/mol. The number of hydrogen-bond acceptors (Lipinski definition) is 2. The number of anilines is 1. The van der Waals surface area contributed by atoms with Crippen LogP contribution < -0.4 is 4.72 Å². The summed E-state index contributed by atoms with van der Waals surface area (Å²) in [7, 11) is -3.59. The fourth-order valence-electron chi connectivity index (χ4n) is 2.19. The predicted molar refractivity (Wildman–Crippen MR) is 96.8 cm³/mol. The van der Waals surface area contributed by atoms with Crippen LogP contribution in [0.15, 0.2) is 88.2 Å². The molecule has 0 amide bonds. The molecule has 0 fully saturated rings. The molecule has 0 saturated carbocycles. The molecule has 0 aliphatic heterocycles. The van der Waals surface area contributed by atoms with Gasteiger partial charge in [0.2, 0.25) is 0 Å². The summed E-state index contributed by atoms with van der Waals surface area (Å²) in [6.07, 6.45) is 0. The van der Waals surface area contributed by atoms with Crippen LogP contribution in [0.1, 0.15) is 0 Å². The normalized spacial score (nSPS) is 11.2. The van der Waals surface area contributed by atoms with Gasteiger partial charge in [-0.05, 0) is 47.5 Å². The number of sulfonamides is 1. The topological polar surface area (TPSA) is 46.2 Å². The first-order valence-electron chi connectivity index (χ1n) is 6.98. The van der Waals surface area contributed by atoms with E-state index in [1.165, 1.54) is 0 Å². The molecule has 1 N–H and O–H groups in total. The van der Waals surface area contributed by atoms with Gasteiger partial charge in [0.15, 0.2) is 0 Å². The molecule has 3 nitrogen and oxygen atoms in total. The number of rotatable bonds is 4. The third kappa shape index (κ3) is 3.81. The van der Waals surface area contributed by atoms with Crippen molar-refractivity contribution in [2.24, 2.45) is 0 Å². The monoisotopic (exact) mass is 387 g/mol. The zero-order valence-electron chi connectivity index (χ0n) is 12.1. The van der Waals surface area contributed by atoms with Gasteiger partial charge in [0.1, 0.15) is 0 Å². The number of nitrogens with one attached hydrogen (secondary N) is 1. The molecule has 3 aromatic carbocycles. The molecule has 3 rings (SSSR count). The SMILES string of the molecule is O=S(=O)(Nc1ccc(Br)cc1)c1ccc(-c2ccccc2)cc1. The summed E-state index contributed by atoms with van der Waals surface area (Å²) < 4.78 is 28.3. The number of hydrogen-bond donors (Lipinski definition) is 1. The zero-order valence-corrected chi connectivity index (χ0v) is 14.5. The molecule has 0 unspecified atom stereocenters. The molecule has 0 spiro atoms.